The third-order valence-corrected chi connectivity index (χ3v) is 8.72. The molecule has 0 aliphatic carbocycles. The third kappa shape index (κ3) is 4.15. The lowest BCUT2D eigenvalue weighted by atomic mass is 9.86. The van der Waals surface area contributed by atoms with E-state index in [0.717, 1.165) is 22.5 Å². The Balaban J connectivity index is 1.58. The SMILES string of the molecule is CC(C)(C)C(N)C(=O)N1CCC2C1C(c1cn3cccc(-c4ccccc4)c3n1)CN2S(C)(=O)=O. The zero-order valence-electron chi connectivity index (χ0n) is 20.6. The van der Waals surface area contributed by atoms with Crippen LogP contribution in [0.5, 0.6) is 0 Å². The van der Waals surface area contributed by atoms with Gasteiger partial charge in [0.05, 0.1) is 24.0 Å². The Hall–Kier alpha value is -2.75. The first-order chi connectivity index (χ1) is 16.5. The number of aromatic nitrogens is 2. The molecule has 0 radical (unpaired) electrons. The summed E-state index contributed by atoms with van der Waals surface area (Å²) in [7, 11) is -3.45. The van der Waals surface area contributed by atoms with Gasteiger partial charge in [-0.2, -0.15) is 4.31 Å². The first kappa shape index (κ1) is 24.0. The second-order valence-corrected chi connectivity index (χ2v) is 12.8. The molecule has 2 fully saturated rings. The van der Waals surface area contributed by atoms with Crippen LogP contribution < -0.4 is 5.73 Å². The van der Waals surface area contributed by atoms with Gasteiger partial charge in [0.25, 0.3) is 0 Å². The molecular formula is C26H33N5O3S. The molecule has 4 atom stereocenters. The average Bonchev–Trinajstić information content (AvgIpc) is 3.50. The molecule has 0 spiro atoms. The van der Waals surface area contributed by atoms with Gasteiger partial charge in [0.1, 0.15) is 5.65 Å². The predicted molar refractivity (Wildman–Crippen MR) is 136 cm³/mol. The zero-order chi connectivity index (χ0) is 25.1. The summed E-state index contributed by atoms with van der Waals surface area (Å²) in [5, 5.41) is 0. The Morgan fingerprint density at radius 2 is 1.86 bits per heavy atom. The van der Waals surface area contributed by atoms with Crippen molar-refractivity contribution in [1.29, 1.82) is 0 Å². The first-order valence-electron chi connectivity index (χ1n) is 12.0. The lowest BCUT2D eigenvalue weighted by molar-refractivity contribution is -0.136. The maximum Gasteiger partial charge on any atom is 0.240 e. The van der Waals surface area contributed by atoms with Crippen LogP contribution in [0.25, 0.3) is 16.8 Å². The van der Waals surface area contributed by atoms with Gasteiger partial charge in [0.15, 0.2) is 0 Å². The summed E-state index contributed by atoms with van der Waals surface area (Å²) >= 11 is 0. The maximum atomic E-state index is 13.5. The summed E-state index contributed by atoms with van der Waals surface area (Å²) in [5.41, 5.74) is 9.63. The van der Waals surface area contributed by atoms with E-state index in [4.69, 9.17) is 10.7 Å². The maximum absolute atomic E-state index is 13.5. The Morgan fingerprint density at radius 1 is 1.14 bits per heavy atom. The van der Waals surface area contributed by atoms with Crippen LogP contribution in [0.4, 0.5) is 0 Å². The highest BCUT2D eigenvalue weighted by Crippen LogP contribution is 2.43. The fraction of sp³-hybridized carbons (Fsp3) is 0.462. The number of rotatable bonds is 4. The number of carbonyl (C=O) groups excluding carboxylic acids is 1. The van der Waals surface area contributed by atoms with E-state index in [1.54, 1.807) is 4.31 Å². The van der Waals surface area contributed by atoms with Gasteiger partial charge in [-0.05, 0) is 29.5 Å². The summed E-state index contributed by atoms with van der Waals surface area (Å²) in [4.78, 5) is 20.3. The second kappa shape index (κ2) is 8.43. The highest BCUT2D eigenvalue weighted by molar-refractivity contribution is 7.88. The first-order valence-corrected chi connectivity index (χ1v) is 13.9. The lowest BCUT2D eigenvalue weighted by Gasteiger charge is -2.34. The summed E-state index contributed by atoms with van der Waals surface area (Å²) in [6.07, 6.45) is 5.76. The molecule has 8 nitrogen and oxygen atoms in total. The number of pyridine rings is 1. The molecule has 2 aliphatic heterocycles. The number of fused-ring (bicyclic) bond motifs is 2. The normalized spacial score (nSPS) is 24.1. The summed E-state index contributed by atoms with van der Waals surface area (Å²) in [6.45, 7) is 6.64. The van der Waals surface area contributed by atoms with Crippen molar-refractivity contribution in [3.05, 3.63) is 60.6 Å². The minimum atomic E-state index is -3.45. The number of likely N-dealkylation sites (tertiary alicyclic amines) is 1. The molecule has 35 heavy (non-hydrogen) atoms. The molecule has 2 aliphatic rings. The number of amides is 1. The highest BCUT2D eigenvalue weighted by atomic mass is 32.2. The van der Waals surface area contributed by atoms with E-state index >= 15 is 0 Å². The van der Waals surface area contributed by atoms with Crippen molar-refractivity contribution in [1.82, 2.24) is 18.6 Å². The number of benzene rings is 1. The van der Waals surface area contributed by atoms with Crippen molar-refractivity contribution in [2.75, 3.05) is 19.3 Å². The van der Waals surface area contributed by atoms with Gasteiger partial charge in [-0.25, -0.2) is 13.4 Å². The number of imidazole rings is 1. The van der Waals surface area contributed by atoms with E-state index in [2.05, 4.69) is 0 Å². The number of hydrogen-bond donors (Lipinski definition) is 1. The molecule has 2 saturated heterocycles. The van der Waals surface area contributed by atoms with Gasteiger partial charge in [-0.15, -0.1) is 0 Å². The molecular weight excluding hydrogens is 462 g/mol. The number of nitrogens with zero attached hydrogens (tertiary/aromatic N) is 4. The largest absolute Gasteiger partial charge is 0.336 e. The van der Waals surface area contributed by atoms with E-state index in [0.29, 0.717) is 19.5 Å². The van der Waals surface area contributed by atoms with Gasteiger partial charge in [-0.3, -0.25) is 4.79 Å². The molecule has 0 saturated carbocycles. The molecule has 4 heterocycles. The van der Waals surface area contributed by atoms with E-state index in [1.807, 2.05) is 84.9 Å². The molecule has 0 bridgehead atoms. The van der Waals surface area contributed by atoms with Crippen molar-refractivity contribution in [3.8, 4) is 11.1 Å². The molecule has 1 aromatic carbocycles. The number of hydrogen-bond acceptors (Lipinski definition) is 5. The minimum absolute atomic E-state index is 0.126. The quantitative estimate of drug-likeness (QED) is 0.600. The fourth-order valence-electron chi connectivity index (χ4n) is 5.55. The number of nitrogens with two attached hydrogens (primary N) is 1. The van der Waals surface area contributed by atoms with Gasteiger partial charge in [-0.1, -0.05) is 51.1 Å². The van der Waals surface area contributed by atoms with Crippen LogP contribution in [-0.4, -0.2) is 70.4 Å². The van der Waals surface area contributed by atoms with Crippen LogP contribution in [0, 0.1) is 5.41 Å². The molecule has 9 heteroatoms. The lowest BCUT2D eigenvalue weighted by Crippen LogP contribution is -2.53. The van der Waals surface area contributed by atoms with Crippen LogP contribution >= 0.6 is 0 Å². The molecule has 2 N–H and O–H groups in total. The average molecular weight is 496 g/mol. The zero-order valence-corrected chi connectivity index (χ0v) is 21.4. The standard InChI is InChI=1S/C26H33N5O3S/c1-26(2,3)23(27)25(32)30-14-12-21-22(30)19(15-31(21)35(4,33)34)20-16-29-13-8-11-18(24(29)28-20)17-9-6-5-7-10-17/h5-11,13,16,19,21-23H,12,14-15,27H2,1-4H3. The smallest absolute Gasteiger partial charge is 0.240 e. The van der Waals surface area contributed by atoms with E-state index in [1.165, 1.54) is 6.26 Å². The third-order valence-electron chi connectivity index (χ3n) is 7.45. The van der Waals surface area contributed by atoms with Gasteiger partial charge in [0, 0.05) is 43.0 Å². The van der Waals surface area contributed by atoms with Gasteiger partial charge >= 0.3 is 0 Å². The summed E-state index contributed by atoms with van der Waals surface area (Å²) < 4.78 is 29.0. The van der Waals surface area contributed by atoms with Gasteiger partial charge in [0.2, 0.25) is 15.9 Å². The van der Waals surface area contributed by atoms with Crippen LogP contribution in [0.15, 0.2) is 54.9 Å². The monoisotopic (exact) mass is 495 g/mol. The highest BCUT2D eigenvalue weighted by Gasteiger charge is 2.54. The molecule has 2 aromatic heterocycles. The van der Waals surface area contributed by atoms with E-state index in [-0.39, 0.29) is 23.9 Å². The molecule has 186 valence electrons. The topological polar surface area (TPSA) is 101 Å². The van der Waals surface area contributed by atoms with Crippen molar-refractivity contribution >= 4 is 21.6 Å². The van der Waals surface area contributed by atoms with Crippen molar-refractivity contribution in [2.45, 2.75) is 51.2 Å². The van der Waals surface area contributed by atoms with Crippen molar-refractivity contribution < 1.29 is 13.2 Å². The summed E-state index contributed by atoms with van der Waals surface area (Å²) in [5.74, 6) is -0.365. The van der Waals surface area contributed by atoms with Crippen molar-refractivity contribution in [2.24, 2.45) is 11.1 Å². The van der Waals surface area contributed by atoms with Crippen LogP contribution in [-0.2, 0) is 14.8 Å². The molecule has 3 aromatic rings. The molecule has 4 unspecified atom stereocenters. The van der Waals surface area contributed by atoms with Gasteiger partial charge < -0.3 is 15.0 Å². The van der Waals surface area contributed by atoms with E-state index in [9.17, 15) is 13.2 Å². The Labute approximate surface area is 206 Å². The Morgan fingerprint density at radius 3 is 2.51 bits per heavy atom. The number of sulfonamides is 1. The van der Waals surface area contributed by atoms with Crippen LogP contribution in [0.3, 0.4) is 0 Å². The molecule has 1 amide bonds. The van der Waals surface area contributed by atoms with E-state index < -0.39 is 21.5 Å². The second-order valence-electron chi connectivity index (χ2n) is 10.8. The van der Waals surface area contributed by atoms with Crippen molar-refractivity contribution in [3.63, 3.8) is 0 Å². The molecule has 5 rings (SSSR count). The van der Waals surface area contributed by atoms with Crippen LogP contribution in [0.1, 0.15) is 38.8 Å². The number of carbonyl (C=O) groups is 1. The minimum Gasteiger partial charge on any atom is -0.336 e. The summed E-state index contributed by atoms with van der Waals surface area (Å²) in [6, 6.07) is 12.8. The predicted octanol–water partition coefficient (Wildman–Crippen LogP) is 2.70. The Kier molecular flexibility index (Phi) is 5.77. The fourth-order valence-corrected chi connectivity index (χ4v) is 6.70. The van der Waals surface area contributed by atoms with Crippen LogP contribution in [0.2, 0.25) is 0 Å². The Bertz CT molecular complexity index is 1360.